The summed E-state index contributed by atoms with van der Waals surface area (Å²) in [4.78, 5) is 0. The molecular weight excluding hydrogens is 139 g/mol. The molecule has 0 spiro atoms. The number of hydrogen-bond acceptors (Lipinski definition) is 2. The van der Waals surface area contributed by atoms with Crippen LogP contribution in [0.25, 0.3) is 0 Å². The smallest absolute Gasteiger partial charge is 0.231 e. The molecule has 0 N–H and O–H groups in total. The van der Waals surface area contributed by atoms with E-state index in [1.807, 2.05) is 19.1 Å². The summed E-state index contributed by atoms with van der Waals surface area (Å²) in [5, 5.41) is 0. The maximum Gasteiger partial charge on any atom is 0.231 e. The number of hydrogen-bond donors (Lipinski definition) is 0. The van der Waals surface area contributed by atoms with Crippen LogP contribution in [0.1, 0.15) is 5.56 Å². The van der Waals surface area contributed by atoms with Crippen molar-refractivity contribution in [2.75, 3.05) is 6.79 Å². The second-order valence-electron chi connectivity index (χ2n) is 2.51. The summed E-state index contributed by atoms with van der Waals surface area (Å²) >= 11 is 0. The van der Waals surface area contributed by atoms with Crippen LogP contribution in [0.5, 0.6) is 11.5 Å². The van der Waals surface area contributed by atoms with Gasteiger partial charge in [0.15, 0.2) is 11.5 Å². The Morgan fingerprint density at radius 2 is 2.18 bits per heavy atom. The lowest BCUT2D eigenvalue weighted by molar-refractivity contribution is 0.173. The third-order valence-corrected chi connectivity index (χ3v) is 1.83. The fourth-order valence-electron chi connectivity index (χ4n) is 1.13. The lowest BCUT2D eigenvalue weighted by Crippen LogP contribution is -2.06. The van der Waals surface area contributed by atoms with Crippen molar-refractivity contribution in [1.29, 1.82) is 0 Å². The lowest BCUT2D eigenvalue weighted by Gasteiger charge is -2.02. The van der Waals surface area contributed by atoms with Crippen LogP contribution in [-0.4, -0.2) is 14.6 Å². The van der Waals surface area contributed by atoms with Gasteiger partial charge in [-0.05, 0) is 18.6 Å². The van der Waals surface area contributed by atoms with Gasteiger partial charge in [-0.1, -0.05) is 11.5 Å². The molecule has 1 heterocycles. The zero-order chi connectivity index (χ0) is 7.84. The van der Waals surface area contributed by atoms with Crippen LogP contribution in [-0.2, 0) is 0 Å². The SMILES string of the molecule is [B]c1ccc2c(c1C)OCO2. The van der Waals surface area contributed by atoms with Crippen molar-refractivity contribution in [1.82, 2.24) is 0 Å². The second kappa shape index (κ2) is 2.19. The van der Waals surface area contributed by atoms with E-state index >= 15 is 0 Å². The molecule has 0 aromatic heterocycles. The Balaban J connectivity index is 2.62. The van der Waals surface area contributed by atoms with E-state index < -0.39 is 0 Å². The first-order valence-corrected chi connectivity index (χ1v) is 3.43. The van der Waals surface area contributed by atoms with Crippen LogP contribution in [0, 0.1) is 6.92 Å². The Morgan fingerprint density at radius 1 is 1.36 bits per heavy atom. The molecule has 0 amide bonds. The zero-order valence-corrected chi connectivity index (χ0v) is 6.26. The molecule has 3 heteroatoms. The fourth-order valence-corrected chi connectivity index (χ4v) is 1.13. The van der Waals surface area contributed by atoms with Gasteiger partial charge >= 0.3 is 0 Å². The van der Waals surface area contributed by atoms with Crippen molar-refractivity contribution in [3.63, 3.8) is 0 Å². The molecular formula is C8H7BO2. The average molecular weight is 146 g/mol. The topological polar surface area (TPSA) is 18.5 Å². The second-order valence-corrected chi connectivity index (χ2v) is 2.51. The van der Waals surface area contributed by atoms with E-state index in [0.717, 1.165) is 22.5 Å². The minimum atomic E-state index is 0.305. The van der Waals surface area contributed by atoms with E-state index in [2.05, 4.69) is 0 Å². The van der Waals surface area contributed by atoms with Gasteiger partial charge in [0.2, 0.25) is 6.79 Å². The molecule has 0 unspecified atom stereocenters. The van der Waals surface area contributed by atoms with Gasteiger partial charge in [-0.25, -0.2) is 0 Å². The van der Waals surface area contributed by atoms with Gasteiger partial charge in [-0.3, -0.25) is 0 Å². The van der Waals surface area contributed by atoms with Crippen molar-refractivity contribution in [3.8, 4) is 11.5 Å². The molecule has 1 aliphatic heterocycles. The molecule has 0 saturated heterocycles. The quantitative estimate of drug-likeness (QED) is 0.496. The van der Waals surface area contributed by atoms with E-state index in [-0.39, 0.29) is 0 Å². The summed E-state index contributed by atoms with van der Waals surface area (Å²) in [5.74, 6) is 1.57. The average Bonchev–Trinajstić information content (AvgIpc) is 2.45. The van der Waals surface area contributed by atoms with Crippen molar-refractivity contribution in [3.05, 3.63) is 17.7 Å². The molecule has 11 heavy (non-hydrogen) atoms. The number of rotatable bonds is 0. The van der Waals surface area contributed by atoms with Gasteiger partial charge in [0, 0.05) is 0 Å². The molecule has 0 atom stereocenters. The Morgan fingerprint density at radius 3 is 3.00 bits per heavy atom. The van der Waals surface area contributed by atoms with E-state index in [1.54, 1.807) is 0 Å². The van der Waals surface area contributed by atoms with Crippen molar-refractivity contribution in [2.24, 2.45) is 0 Å². The molecule has 54 valence electrons. The Kier molecular flexibility index (Phi) is 1.31. The van der Waals surface area contributed by atoms with Crippen molar-refractivity contribution >= 4 is 13.3 Å². The summed E-state index contributed by atoms with van der Waals surface area (Å²) in [6.07, 6.45) is 0. The Bertz CT molecular complexity index is 296. The van der Waals surface area contributed by atoms with Gasteiger partial charge in [0.05, 0.1) is 0 Å². The summed E-state index contributed by atoms with van der Waals surface area (Å²) in [6, 6.07) is 3.65. The number of ether oxygens (including phenoxy) is 2. The highest BCUT2D eigenvalue weighted by Crippen LogP contribution is 2.33. The first-order chi connectivity index (χ1) is 5.29. The van der Waals surface area contributed by atoms with Gasteiger partial charge in [-0.15, -0.1) is 0 Å². The summed E-state index contributed by atoms with van der Waals surface area (Å²) in [6.45, 7) is 2.22. The van der Waals surface area contributed by atoms with E-state index in [9.17, 15) is 0 Å². The predicted molar refractivity (Wildman–Crippen MR) is 42.7 cm³/mol. The van der Waals surface area contributed by atoms with E-state index in [0.29, 0.717) is 6.79 Å². The minimum absolute atomic E-state index is 0.305. The minimum Gasteiger partial charge on any atom is -0.454 e. The van der Waals surface area contributed by atoms with Gasteiger partial charge < -0.3 is 9.47 Å². The maximum atomic E-state index is 5.66. The molecule has 2 nitrogen and oxygen atoms in total. The normalized spacial score (nSPS) is 13.5. The highest BCUT2D eigenvalue weighted by Gasteiger charge is 2.15. The number of benzene rings is 1. The monoisotopic (exact) mass is 146 g/mol. The van der Waals surface area contributed by atoms with Gasteiger partial charge in [-0.2, -0.15) is 0 Å². The molecule has 0 fully saturated rings. The maximum absolute atomic E-state index is 5.66. The third-order valence-electron chi connectivity index (χ3n) is 1.83. The summed E-state index contributed by atoms with van der Waals surface area (Å²) < 4.78 is 10.4. The van der Waals surface area contributed by atoms with Gasteiger partial charge in [0.1, 0.15) is 7.85 Å². The summed E-state index contributed by atoms with van der Waals surface area (Å²) in [7, 11) is 5.66. The first kappa shape index (κ1) is 6.59. The predicted octanol–water partition coefficient (Wildman–Crippen LogP) is 0.518. The molecule has 2 radical (unpaired) electrons. The van der Waals surface area contributed by atoms with Crippen LogP contribution >= 0.6 is 0 Å². The molecule has 1 aromatic carbocycles. The summed E-state index contributed by atoms with van der Waals surface area (Å²) in [5.41, 5.74) is 1.70. The van der Waals surface area contributed by atoms with Crippen LogP contribution in [0.4, 0.5) is 0 Å². The van der Waals surface area contributed by atoms with E-state index in [4.69, 9.17) is 17.3 Å². The largest absolute Gasteiger partial charge is 0.454 e. The van der Waals surface area contributed by atoms with Crippen molar-refractivity contribution in [2.45, 2.75) is 6.92 Å². The standard InChI is InChI=1S/C8H7BO2/c1-5-6(9)2-3-7-8(5)11-4-10-7/h2-3H,4H2,1H3. The van der Waals surface area contributed by atoms with Crippen molar-refractivity contribution < 1.29 is 9.47 Å². The lowest BCUT2D eigenvalue weighted by atomic mass is 9.91. The number of fused-ring (bicyclic) bond motifs is 1. The Labute approximate surface area is 66.5 Å². The van der Waals surface area contributed by atoms with Gasteiger partial charge in [0.25, 0.3) is 0 Å². The zero-order valence-electron chi connectivity index (χ0n) is 6.26. The molecule has 1 aromatic rings. The molecule has 0 aliphatic carbocycles. The highest BCUT2D eigenvalue weighted by molar-refractivity contribution is 6.33. The van der Waals surface area contributed by atoms with E-state index in [1.165, 1.54) is 0 Å². The molecule has 0 bridgehead atoms. The highest BCUT2D eigenvalue weighted by atomic mass is 16.7. The molecule has 0 saturated carbocycles. The Hall–Kier alpha value is -1.12. The fraction of sp³-hybridized carbons (Fsp3) is 0.250. The molecule has 1 aliphatic rings. The third kappa shape index (κ3) is 0.879. The van der Waals surface area contributed by atoms with Crippen LogP contribution in [0.2, 0.25) is 0 Å². The van der Waals surface area contributed by atoms with Crippen LogP contribution < -0.4 is 14.9 Å². The van der Waals surface area contributed by atoms with Crippen LogP contribution in [0.15, 0.2) is 12.1 Å². The van der Waals surface area contributed by atoms with Crippen LogP contribution in [0.3, 0.4) is 0 Å². The first-order valence-electron chi connectivity index (χ1n) is 3.43. The molecule has 2 rings (SSSR count).